The maximum atomic E-state index is 5.20. The van der Waals surface area contributed by atoms with E-state index in [0.29, 0.717) is 12.8 Å². The minimum absolute atomic E-state index is 0.376. The highest BCUT2D eigenvalue weighted by Crippen LogP contribution is 1.95. The lowest BCUT2D eigenvalue weighted by atomic mass is 10.4. The molecule has 0 aromatic heterocycles. The molecule has 1 N–H and O–H groups in total. The van der Waals surface area contributed by atoms with Crippen LogP contribution in [-0.4, -0.2) is 31.4 Å². The molecule has 0 spiro atoms. The summed E-state index contributed by atoms with van der Waals surface area (Å²) in [5.74, 6) is 0. The Bertz CT molecular complexity index is 68.8. The molecule has 1 saturated heterocycles. The fourth-order valence-electron chi connectivity index (χ4n) is 0.793. The maximum Gasteiger partial charge on any atom is 0.109 e. The Balaban J connectivity index is 2.23. The fraction of sp³-hybridized carbons (Fsp3) is 1.00. The first kappa shape index (κ1) is 6.01. The topological polar surface area (TPSA) is 24.5 Å². The summed E-state index contributed by atoms with van der Waals surface area (Å²) in [6.07, 6.45) is 0.376. The molecule has 0 saturated carbocycles. The number of nitrogens with zero attached hydrogens (tertiary/aromatic N) is 1. The molecule has 3 nitrogen and oxygen atoms in total. The van der Waals surface area contributed by atoms with Gasteiger partial charge in [0.05, 0.1) is 6.10 Å². The largest absolute Gasteiger partial charge is 0.361 e. The average Bonchev–Trinajstić information content (AvgIpc) is 1.64. The molecule has 1 fully saturated rings. The van der Waals surface area contributed by atoms with E-state index in [1.54, 1.807) is 0 Å². The van der Waals surface area contributed by atoms with Gasteiger partial charge in [-0.3, -0.25) is 0 Å². The van der Waals surface area contributed by atoms with Crippen LogP contribution in [0.25, 0.3) is 0 Å². The summed E-state index contributed by atoms with van der Waals surface area (Å²) in [5, 5.41) is 2.04. The Morgan fingerprint density at radius 1 is 1.75 bits per heavy atom. The lowest BCUT2D eigenvalue weighted by Crippen LogP contribution is -2.47. The van der Waals surface area contributed by atoms with Gasteiger partial charge in [0.1, 0.15) is 6.73 Å². The molecule has 0 aromatic carbocycles. The monoisotopic (exact) mass is 116 g/mol. The van der Waals surface area contributed by atoms with Gasteiger partial charge in [-0.2, -0.15) is 0 Å². The summed E-state index contributed by atoms with van der Waals surface area (Å²) >= 11 is 0. The molecule has 8 heavy (non-hydrogen) atoms. The summed E-state index contributed by atoms with van der Waals surface area (Å²) in [5.41, 5.74) is 3.02. The van der Waals surface area contributed by atoms with Gasteiger partial charge in [-0.05, 0) is 6.92 Å². The van der Waals surface area contributed by atoms with E-state index in [2.05, 4.69) is 12.3 Å². The van der Waals surface area contributed by atoms with E-state index in [1.165, 1.54) is 0 Å². The third kappa shape index (κ3) is 1.43. The first-order chi connectivity index (χ1) is 3.79. The number of likely N-dealkylation sites (N-methyl/N-ethyl adjacent to an activating group) is 1. The molecule has 1 unspecified atom stereocenters. The van der Waals surface area contributed by atoms with Gasteiger partial charge in [-0.15, -0.1) is 0 Å². The second-order valence-corrected chi connectivity index (χ2v) is 2.16. The summed E-state index contributed by atoms with van der Waals surface area (Å²) in [7, 11) is 2.01. The van der Waals surface area contributed by atoms with Crippen LogP contribution in [0.3, 0.4) is 0 Å². The first-order valence-electron chi connectivity index (χ1n) is 2.85. The lowest BCUT2D eigenvalue weighted by Gasteiger charge is -2.28. The van der Waals surface area contributed by atoms with Crippen LogP contribution in [0.1, 0.15) is 6.92 Å². The zero-order chi connectivity index (χ0) is 5.98. The molecule has 3 heteroatoms. The minimum Gasteiger partial charge on any atom is -0.361 e. The number of hydrogen-bond donors (Lipinski definition) is 1. The zero-order valence-corrected chi connectivity index (χ0v) is 5.35. The van der Waals surface area contributed by atoms with Gasteiger partial charge in [0, 0.05) is 13.6 Å². The van der Waals surface area contributed by atoms with Crippen LogP contribution >= 0.6 is 0 Å². The lowest BCUT2D eigenvalue weighted by molar-refractivity contribution is -0.0546. The summed E-state index contributed by atoms with van der Waals surface area (Å²) in [6, 6.07) is 0. The van der Waals surface area contributed by atoms with E-state index in [-0.39, 0.29) is 0 Å². The molecule has 0 aromatic rings. The normalized spacial score (nSPS) is 33.0. The van der Waals surface area contributed by atoms with Gasteiger partial charge in [0.2, 0.25) is 0 Å². The molecule has 0 aliphatic carbocycles. The predicted octanol–water partition coefficient (Wildman–Crippen LogP) is -0.201. The molecule has 1 aliphatic heterocycles. The number of nitrogens with one attached hydrogen (secondary N) is 1. The molecule has 1 atom stereocenters. The van der Waals surface area contributed by atoms with Crippen LogP contribution in [-0.2, 0) is 4.74 Å². The highest BCUT2D eigenvalue weighted by molar-refractivity contribution is 4.56. The number of ether oxygens (including phenoxy) is 1. The number of hydrogen-bond acceptors (Lipinski definition) is 3. The second-order valence-electron chi connectivity index (χ2n) is 2.16. The van der Waals surface area contributed by atoms with Crippen LogP contribution in [0.5, 0.6) is 0 Å². The van der Waals surface area contributed by atoms with E-state index in [4.69, 9.17) is 4.74 Å². The van der Waals surface area contributed by atoms with Crippen LogP contribution in [0, 0.1) is 0 Å². The zero-order valence-electron chi connectivity index (χ0n) is 5.35. The average molecular weight is 116 g/mol. The third-order valence-electron chi connectivity index (χ3n) is 1.23. The Morgan fingerprint density at radius 2 is 2.50 bits per heavy atom. The highest BCUT2D eigenvalue weighted by Gasteiger charge is 2.10. The first-order valence-corrected chi connectivity index (χ1v) is 2.85. The minimum atomic E-state index is 0.376. The summed E-state index contributed by atoms with van der Waals surface area (Å²) in [6.45, 7) is 3.69. The van der Waals surface area contributed by atoms with E-state index in [9.17, 15) is 0 Å². The van der Waals surface area contributed by atoms with Crippen LogP contribution < -0.4 is 5.43 Å². The molecule has 48 valence electrons. The van der Waals surface area contributed by atoms with Crippen molar-refractivity contribution in [3.63, 3.8) is 0 Å². The van der Waals surface area contributed by atoms with E-state index in [1.807, 2.05) is 12.1 Å². The van der Waals surface area contributed by atoms with Gasteiger partial charge in [0.25, 0.3) is 0 Å². The van der Waals surface area contributed by atoms with Crippen molar-refractivity contribution in [2.45, 2.75) is 13.0 Å². The van der Waals surface area contributed by atoms with Gasteiger partial charge >= 0.3 is 0 Å². The van der Waals surface area contributed by atoms with Crippen molar-refractivity contribution in [2.24, 2.45) is 0 Å². The maximum absolute atomic E-state index is 5.20. The van der Waals surface area contributed by atoms with Crippen LogP contribution in [0.4, 0.5) is 0 Å². The Kier molecular flexibility index (Phi) is 1.83. The number of hydrazine groups is 1. The van der Waals surface area contributed by atoms with E-state index < -0.39 is 0 Å². The van der Waals surface area contributed by atoms with E-state index >= 15 is 0 Å². The SMILES string of the molecule is CC1CN(C)NCO1. The smallest absolute Gasteiger partial charge is 0.109 e. The van der Waals surface area contributed by atoms with Gasteiger partial charge in [-0.1, -0.05) is 0 Å². The molecule has 1 aliphatic rings. The summed E-state index contributed by atoms with van der Waals surface area (Å²) < 4.78 is 5.20. The van der Waals surface area contributed by atoms with E-state index in [0.717, 1.165) is 6.54 Å². The number of rotatable bonds is 0. The fourth-order valence-corrected chi connectivity index (χ4v) is 0.793. The Hall–Kier alpha value is -0.120. The Morgan fingerprint density at radius 3 is 2.88 bits per heavy atom. The highest BCUT2D eigenvalue weighted by atomic mass is 16.5. The second kappa shape index (κ2) is 2.44. The molecular weight excluding hydrogens is 104 g/mol. The van der Waals surface area contributed by atoms with Crippen molar-refractivity contribution in [1.29, 1.82) is 0 Å². The third-order valence-corrected chi connectivity index (χ3v) is 1.23. The van der Waals surface area contributed by atoms with Crippen molar-refractivity contribution in [2.75, 3.05) is 20.3 Å². The predicted molar refractivity (Wildman–Crippen MR) is 31.2 cm³/mol. The Labute approximate surface area is 49.6 Å². The molecule has 0 amide bonds. The van der Waals surface area contributed by atoms with Crippen molar-refractivity contribution in [3.05, 3.63) is 0 Å². The molecular formula is C5H12N2O. The molecule has 0 bridgehead atoms. The van der Waals surface area contributed by atoms with Gasteiger partial charge < -0.3 is 4.74 Å². The quantitative estimate of drug-likeness (QED) is 0.474. The van der Waals surface area contributed by atoms with Crippen molar-refractivity contribution < 1.29 is 4.74 Å². The van der Waals surface area contributed by atoms with Crippen LogP contribution in [0.2, 0.25) is 0 Å². The van der Waals surface area contributed by atoms with Crippen molar-refractivity contribution in [1.82, 2.24) is 10.4 Å². The molecule has 1 rings (SSSR count). The molecule has 0 radical (unpaired) electrons. The van der Waals surface area contributed by atoms with Crippen molar-refractivity contribution >= 4 is 0 Å². The molecule has 1 heterocycles. The standard InChI is InChI=1S/C5H12N2O/c1-5-3-7(2)6-4-8-5/h5-6H,3-4H2,1-2H3. The summed E-state index contributed by atoms with van der Waals surface area (Å²) in [4.78, 5) is 0. The van der Waals surface area contributed by atoms with Gasteiger partial charge in [-0.25, -0.2) is 10.4 Å². The van der Waals surface area contributed by atoms with Crippen molar-refractivity contribution in [3.8, 4) is 0 Å². The van der Waals surface area contributed by atoms with Gasteiger partial charge in [0.15, 0.2) is 0 Å². The van der Waals surface area contributed by atoms with Crippen LogP contribution in [0.15, 0.2) is 0 Å².